The zero-order chi connectivity index (χ0) is 23.2. The summed E-state index contributed by atoms with van der Waals surface area (Å²) in [7, 11) is 0. The zero-order valence-corrected chi connectivity index (χ0v) is 18.0. The van der Waals surface area contributed by atoms with Crippen molar-refractivity contribution in [1.82, 2.24) is 20.4 Å². The van der Waals surface area contributed by atoms with Gasteiger partial charge in [-0.2, -0.15) is 0 Å². The molecule has 0 fully saturated rings. The first kappa shape index (κ1) is 22.0. The van der Waals surface area contributed by atoms with Gasteiger partial charge in [0.1, 0.15) is 17.8 Å². The molecule has 2 aromatic heterocycles. The van der Waals surface area contributed by atoms with Crippen molar-refractivity contribution >= 4 is 34.4 Å². The van der Waals surface area contributed by atoms with E-state index >= 15 is 0 Å². The Morgan fingerprint density at radius 3 is 2.45 bits per heavy atom. The molecule has 0 radical (unpaired) electrons. The van der Waals surface area contributed by atoms with E-state index in [0.29, 0.717) is 5.69 Å². The van der Waals surface area contributed by atoms with E-state index in [1.165, 1.54) is 11.8 Å². The van der Waals surface area contributed by atoms with E-state index in [-0.39, 0.29) is 24.8 Å². The topological polar surface area (TPSA) is 132 Å². The van der Waals surface area contributed by atoms with Gasteiger partial charge in [-0.05, 0) is 36.2 Å². The number of H-pyrrole nitrogens is 1. The number of hydrogen-bond donors (Lipinski definition) is 5. The van der Waals surface area contributed by atoms with Gasteiger partial charge in [0.15, 0.2) is 0 Å². The predicted octanol–water partition coefficient (Wildman–Crippen LogP) is 4.02. The molecule has 1 atom stereocenters. The lowest BCUT2D eigenvalue weighted by Gasteiger charge is -2.15. The van der Waals surface area contributed by atoms with Gasteiger partial charge < -0.3 is 15.6 Å². The molecule has 1 unspecified atom stereocenters. The maximum Gasteiger partial charge on any atom is 0.243 e. The number of benzene rings is 2. The minimum Gasteiger partial charge on any atom is -0.363 e. The van der Waals surface area contributed by atoms with Gasteiger partial charge in [-0.25, -0.2) is 15.4 Å². The Morgan fingerprint density at radius 2 is 1.73 bits per heavy atom. The van der Waals surface area contributed by atoms with Crippen LogP contribution >= 0.6 is 0 Å². The highest BCUT2D eigenvalue weighted by Gasteiger charge is 2.13. The molecule has 0 spiro atoms. The van der Waals surface area contributed by atoms with E-state index in [1.54, 1.807) is 12.1 Å². The second kappa shape index (κ2) is 9.92. The molecule has 9 nitrogen and oxygen atoms in total. The smallest absolute Gasteiger partial charge is 0.243 e. The Kier molecular flexibility index (Phi) is 6.61. The van der Waals surface area contributed by atoms with E-state index < -0.39 is 5.91 Å². The van der Waals surface area contributed by atoms with Gasteiger partial charge in [0.05, 0.1) is 5.39 Å². The molecule has 0 saturated heterocycles. The van der Waals surface area contributed by atoms with Crippen molar-refractivity contribution in [3.05, 3.63) is 72.6 Å². The summed E-state index contributed by atoms with van der Waals surface area (Å²) in [5.41, 5.74) is 5.80. The van der Waals surface area contributed by atoms with Crippen LogP contribution in [0.2, 0.25) is 0 Å². The van der Waals surface area contributed by atoms with Gasteiger partial charge in [0.2, 0.25) is 11.8 Å². The lowest BCUT2D eigenvalue weighted by Crippen LogP contribution is -2.21. The molecule has 9 heteroatoms. The fraction of sp³-hybridized carbons (Fsp3) is 0.167. The Labute approximate surface area is 190 Å². The predicted molar refractivity (Wildman–Crippen MR) is 126 cm³/mol. The normalized spacial score (nSPS) is 11.7. The summed E-state index contributed by atoms with van der Waals surface area (Å²) in [6, 6.07) is 19.6. The van der Waals surface area contributed by atoms with Crippen molar-refractivity contribution in [2.75, 3.05) is 10.6 Å². The van der Waals surface area contributed by atoms with Crippen molar-refractivity contribution in [3.63, 3.8) is 0 Å². The number of hydrogen-bond acceptors (Lipinski definition) is 6. The number of fused-ring (bicyclic) bond motifs is 1. The first-order chi connectivity index (χ1) is 16.0. The SMILES string of the molecule is CC(Nc1ncnc2[nH]c(-c3ccc(NC(=O)CCC(=O)NO)cc3)cc12)c1ccccc1. The molecule has 4 aromatic rings. The largest absolute Gasteiger partial charge is 0.363 e. The standard InChI is InChI=1S/C24H24N6O3/c1-15(16-5-3-2-4-6-16)27-23-19-13-20(29-24(19)26-14-25-23)17-7-9-18(10-8-17)28-21(31)11-12-22(32)30-33/h2-10,13-15,33H,11-12H2,1H3,(H,28,31)(H,30,32)(H2,25,26,27,29). The lowest BCUT2D eigenvalue weighted by atomic mass is 10.1. The molecule has 0 aliphatic rings. The molecular weight excluding hydrogens is 420 g/mol. The summed E-state index contributed by atoms with van der Waals surface area (Å²) in [6.45, 7) is 2.08. The van der Waals surface area contributed by atoms with Crippen LogP contribution in [0.15, 0.2) is 67.0 Å². The number of aromatic amines is 1. The van der Waals surface area contributed by atoms with Crippen LogP contribution in [0.25, 0.3) is 22.3 Å². The molecular formula is C24H24N6O3. The number of nitrogens with zero attached hydrogens (tertiary/aromatic N) is 2. The zero-order valence-electron chi connectivity index (χ0n) is 18.0. The van der Waals surface area contributed by atoms with Crippen LogP contribution in [-0.2, 0) is 9.59 Å². The number of carbonyl (C=O) groups is 2. The molecule has 168 valence electrons. The highest BCUT2D eigenvalue weighted by Crippen LogP contribution is 2.29. The van der Waals surface area contributed by atoms with Crippen LogP contribution in [0.3, 0.4) is 0 Å². The number of carbonyl (C=O) groups excluding carboxylic acids is 2. The van der Waals surface area contributed by atoms with E-state index in [1.807, 2.05) is 36.4 Å². The average Bonchev–Trinajstić information content (AvgIpc) is 3.29. The second-order valence-electron chi connectivity index (χ2n) is 7.60. The molecule has 2 amide bonds. The molecule has 2 heterocycles. The number of amides is 2. The van der Waals surface area contributed by atoms with E-state index in [0.717, 1.165) is 33.7 Å². The Morgan fingerprint density at radius 1 is 1.00 bits per heavy atom. The van der Waals surface area contributed by atoms with Gasteiger partial charge in [-0.3, -0.25) is 14.8 Å². The lowest BCUT2D eigenvalue weighted by molar-refractivity contribution is -0.131. The van der Waals surface area contributed by atoms with Gasteiger partial charge in [-0.15, -0.1) is 0 Å². The van der Waals surface area contributed by atoms with Gasteiger partial charge >= 0.3 is 0 Å². The molecule has 5 N–H and O–H groups in total. The maximum atomic E-state index is 11.9. The second-order valence-corrected chi connectivity index (χ2v) is 7.60. The van der Waals surface area contributed by atoms with Crippen molar-refractivity contribution < 1.29 is 14.8 Å². The van der Waals surface area contributed by atoms with Crippen LogP contribution in [0.4, 0.5) is 11.5 Å². The van der Waals surface area contributed by atoms with Crippen LogP contribution in [0.1, 0.15) is 31.4 Å². The molecule has 33 heavy (non-hydrogen) atoms. The van der Waals surface area contributed by atoms with Gasteiger partial charge in [-0.1, -0.05) is 42.5 Å². The highest BCUT2D eigenvalue weighted by molar-refractivity contribution is 5.94. The summed E-state index contributed by atoms with van der Waals surface area (Å²) in [5, 5.41) is 15.6. The number of hydroxylamine groups is 1. The number of aromatic nitrogens is 3. The Hall–Kier alpha value is -4.24. The van der Waals surface area contributed by atoms with E-state index in [2.05, 4.69) is 44.6 Å². The monoisotopic (exact) mass is 444 g/mol. The fourth-order valence-corrected chi connectivity index (χ4v) is 3.48. The third-order valence-corrected chi connectivity index (χ3v) is 5.26. The summed E-state index contributed by atoms with van der Waals surface area (Å²) >= 11 is 0. The van der Waals surface area contributed by atoms with Gasteiger partial charge in [0, 0.05) is 30.3 Å². The van der Waals surface area contributed by atoms with Crippen LogP contribution in [0.5, 0.6) is 0 Å². The van der Waals surface area contributed by atoms with Crippen LogP contribution in [-0.4, -0.2) is 32.0 Å². The van der Waals surface area contributed by atoms with Crippen LogP contribution in [0, 0.1) is 0 Å². The fourth-order valence-electron chi connectivity index (χ4n) is 3.48. The quantitative estimate of drug-likeness (QED) is 0.206. The first-order valence-electron chi connectivity index (χ1n) is 10.5. The molecule has 4 rings (SSSR count). The summed E-state index contributed by atoms with van der Waals surface area (Å²) in [6.07, 6.45) is 1.42. The number of anilines is 2. The Bertz CT molecular complexity index is 1250. The van der Waals surface area contributed by atoms with E-state index in [9.17, 15) is 9.59 Å². The van der Waals surface area contributed by atoms with Crippen molar-refractivity contribution in [1.29, 1.82) is 0 Å². The highest BCUT2D eigenvalue weighted by atomic mass is 16.5. The maximum absolute atomic E-state index is 11.9. The molecule has 0 aliphatic carbocycles. The molecule has 0 bridgehead atoms. The van der Waals surface area contributed by atoms with Crippen molar-refractivity contribution in [2.45, 2.75) is 25.8 Å². The van der Waals surface area contributed by atoms with Gasteiger partial charge in [0.25, 0.3) is 0 Å². The first-order valence-corrected chi connectivity index (χ1v) is 10.5. The van der Waals surface area contributed by atoms with Crippen molar-refractivity contribution in [3.8, 4) is 11.3 Å². The van der Waals surface area contributed by atoms with E-state index in [4.69, 9.17) is 5.21 Å². The summed E-state index contributed by atoms with van der Waals surface area (Å²) in [5.74, 6) is -0.167. The third kappa shape index (κ3) is 5.34. The summed E-state index contributed by atoms with van der Waals surface area (Å²) < 4.78 is 0. The minimum atomic E-state index is -0.602. The Balaban J connectivity index is 1.48. The average molecular weight is 444 g/mol. The van der Waals surface area contributed by atoms with Crippen LogP contribution < -0.4 is 16.1 Å². The minimum absolute atomic E-state index is 0.0218. The number of nitrogens with one attached hydrogen (secondary N) is 4. The molecule has 0 saturated carbocycles. The van der Waals surface area contributed by atoms with Crippen molar-refractivity contribution in [2.24, 2.45) is 0 Å². The molecule has 2 aromatic carbocycles. The third-order valence-electron chi connectivity index (χ3n) is 5.26. The number of rotatable bonds is 8. The summed E-state index contributed by atoms with van der Waals surface area (Å²) in [4.78, 5) is 35.1. The molecule has 0 aliphatic heterocycles.